The minimum absolute atomic E-state index is 0.161. The van der Waals surface area contributed by atoms with E-state index in [0.29, 0.717) is 26.0 Å². The number of rotatable bonds is 11. The molecule has 1 unspecified atom stereocenters. The molecule has 0 aromatic heterocycles. The van der Waals surface area contributed by atoms with E-state index in [-0.39, 0.29) is 30.8 Å². The quantitative estimate of drug-likeness (QED) is 0.506. The average Bonchev–Trinajstić information content (AvgIpc) is 3.09. The number of carbonyl (C=O) groups is 1. The second kappa shape index (κ2) is 11.0. The van der Waals surface area contributed by atoms with Gasteiger partial charge in [0.05, 0.1) is 32.5 Å². The first-order valence-corrected chi connectivity index (χ1v) is 11.5. The summed E-state index contributed by atoms with van der Waals surface area (Å²) in [7, 11) is 5.57. The predicted octanol–water partition coefficient (Wildman–Crippen LogP) is 2.51. The van der Waals surface area contributed by atoms with Gasteiger partial charge in [-0.25, -0.2) is 0 Å². The van der Waals surface area contributed by atoms with Crippen LogP contribution in [-0.2, 0) is 30.3 Å². The van der Waals surface area contributed by atoms with Gasteiger partial charge in [0, 0.05) is 25.9 Å². The van der Waals surface area contributed by atoms with Gasteiger partial charge < -0.3 is 33.9 Å². The van der Waals surface area contributed by atoms with Crippen LogP contribution in [0.2, 0.25) is 0 Å². The number of nitrogens with one attached hydrogen (secondary N) is 1. The molecule has 1 N–H and O–H groups in total. The summed E-state index contributed by atoms with van der Waals surface area (Å²) < 4.78 is 30.2. The van der Waals surface area contributed by atoms with Crippen molar-refractivity contribution in [2.24, 2.45) is 0 Å². The van der Waals surface area contributed by atoms with Crippen LogP contribution in [0, 0.1) is 0 Å². The summed E-state index contributed by atoms with van der Waals surface area (Å²) in [4.78, 5) is 15.6. The molecular formula is C25H38N2O6. The summed E-state index contributed by atoms with van der Waals surface area (Å²) in [6.07, 6.45) is 1.47. The number of hydrogen-bond donors (Lipinski definition) is 1. The van der Waals surface area contributed by atoms with E-state index in [1.54, 1.807) is 13.2 Å². The van der Waals surface area contributed by atoms with Crippen molar-refractivity contribution in [2.45, 2.75) is 63.0 Å². The van der Waals surface area contributed by atoms with Crippen molar-refractivity contribution in [3.63, 3.8) is 0 Å². The summed E-state index contributed by atoms with van der Waals surface area (Å²) in [6.45, 7) is 9.38. The Morgan fingerprint density at radius 3 is 2.79 bits per heavy atom. The van der Waals surface area contributed by atoms with Crippen LogP contribution in [-0.4, -0.2) is 81.4 Å². The third-order valence-corrected chi connectivity index (χ3v) is 5.99. The van der Waals surface area contributed by atoms with Crippen LogP contribution in [0.3, 0.4) is 0 Å². The zero-order valence-corrected chi connectivity index (χ0v) is 20.5. The monoisotopic (exact) mass is 462 g/mol. The summed E-state index contributed by atoms with van der Waals surface area (Å²) in [5, 5.41) is 3.06. The van der Waals surface area contributed by atoms with Crippen LogP contribution in [0.1, 0.15) is 32.3 Å². The Balaban J connectivity index is 1.85. The second-order valence-electron chi connectivity index (χ2n) is 9.40. The van der Waals surface area contributed by atoms with Gasteiger partial charge in [0.15, 0.2) is 11.4 Å². The lowest BCUT2D eigenvalue weighted by atomic mass is 9.78. The van der Waals surface area contributed by atoms with Gasteiger partial charge in [-0.2, -0.15) is 0 Å². The van der Waals surface area contributed by atoms with E-state index in [0.717, 1.165) is 17.9 Å². The fourth-order valence-electron chi connectivity index (χ4n) is 4.44. The number of hydrogen-bond acceptors (Lipinski definition) is 7. The van der Waals surface area contributed by atoms with Crippen molar-refractivity contribution in [3.05, 3.63) is 42.5 Å². The van der Waals surface area contributed by atoms with Crippen molar-refractivity contribution in [2.75, 3.05) is 40.9 Å². The molecule has 33 heavy (non-hydrogen) atoms. The van der Waals surface area contributed by atoms with Crippen molar-refractivity contribution in [1.82, 2.24) is 10.2 Å². The number of amides is 1. The van der Waals surface area contributed by atoms with Crippen LogP contribution < -0.4 is 10.1 Å². The van der Waals surface area contributed by atoms with E-state index < -0.39 is 11.4 Å². The maximum Gasteiger partial charge on any atom is 0.252 e. The number of nitrogens with zero attached hydrogens (tertiary/aromatic N) is 1. The third-order valence-electron chi connectivity index (χ3n) is 5.99. The van der Waals surface area contributed by atoms with Crippen molar-refractivity contribution >= 4 is 5.91 Å². The summed E-state index contributed by atoms with van der Waals surface area (Å²) >= 11 is 0. The molecule has 1 aromatic rings. The van der Waals surface area contributed by atoms with Gasteiger partial charge in [-0.3, -0.25) is 4.79 Å². The Morgan fingerprint density at radius 2 is 2.09 bits per heavy atom. The largest absolute Gasteiger partial charge is 0.497 e. The second-order valence-corrected chi connectivity index (χ2v) is 9.40. The standard InChI is InChI=1S/C25H38N2O6/c1-7-13-30-20-15-25(23(28)26-11-12-27(4)5,16-21-22(20)33-24(2,3)32-21)31-17-18-9-8-10-19(14-18)29-6/h7-10,14,20-22H,1,11-13,15-17H2,2-6H3,(H,26,28)/t20?,21-,22+,25-/m1/s1. The molecule has 1 saturated carbocycles. The molecule has 1 saturated heterocycles. The topological polar surface area (TPSA) is 78.5 Å². The summed E-state index contributed by atoms with van der Waals surface area (Å²) in [6, 6.07) is 7.65. The number of likely N-dealkylation sites (N-methyl/N-ethyl adjacent to an activating group) is 1. The minimum Gasteiger partial charge on any atom is -0.497 e. The van der Waals surface area contributed by atoms with Crippen LogP contribution in [0.15, 0.2) is 36.9 Å². The van der Waals surface area contributed by atoms with Gasteiger partial charge in [0.2, 0.25) is 0 Å². The molecule has 1 aliphatic carbocycles. The van der Waals surface area contributed by atoms with Crippen molar-refractivity contribution in [1.29, 1.82) is 0 Å². The highest BCUT2D eigenvalue weighted by atomic mass is 16.8. The maximum absolute atomic E-state index is 13.6. The molecule has 184 valence electrons. The molecule has 2 fully saturated rings. The molecule has 1 aromatic carbocycles. The molecule has 3 rings (SSSR count). The van der Waals surface area contributed by atoms with Gasteiger partial charge in [0.25, 0.3) is 5.91 Å². The number of fused-ring (bicyclic) bond motifs is 1. The number of ether oxygens (including phenoxy) is 5. The number of benzene rings is 1. The lowest BCUT2D eigenvalue weighted by Crippen LogP contribution is -2.60. The van der Waals surface area contributed by atoms with E-state index in [2.05, 4.69) is 11.9 Å². The smallest absolute Gasteiger partial charge is 0.252 e. The SMILES string of the molecule is C=CCOC1C[C@](OCc2cccc(OC)c2)(C(=O)NCCN(C)C)C[C@H]2OC(C)(C)O[C@@H]12. The normalized spacial score (nSPS) is 28.4. The minimum atomic E-state index is -1.12. The number of methoxy groups -OCH3 is 1. The lowest BCUT2D eigenvalue weighted by Gasteiger charge is -2.43. The Labute approximate surface area is 197 Å². The molecule has 0 radical (unpaired) electrons. The van der Waals surface area contributed by atoms with Crippen LogP contribution >= 0.6 is 0 Å². The van der Waals surface area contributed by atoms with Gasteiger partial charge in [-0.15, -0.1) is 6.58 Å². The molecular weight excluding hydrogens is 424 g/mol. The zero-order chi connectivity index (χ0) is 24.1. The first-order chi connectivity index (χ1) is 15.7. The fourth-order valence-corrected chi connectivity index (χ4v) is 4.44. The predicted molar refractivity (Wildman–Crippen MR) is 125 cm³/mol. The Bertz CT molecular complexity index is 814. The Hall–Kier alpha value is -1.97. The van der Waals surface area contributed by atoms with Crippen molar-refractivity contribution in [3.8, 4) is 5.75 Å². The maximum atomic E-state index is 13.6. The first kappa shape index (κ1) is 25.6. The van der Waals surface area contributed by atoms with Gasteiger partial charge in [-0.05, 0) is 45.6 Å². The van der Waals surface area contributed by atoms with E-state index >= 15 is 0 Å². The molecule has 2 aliphatic rings. The molecule has 0 spiro atoms. The van der Waals surface area contributed by atoms with Crippen LogP contribution in [0.4, 0.5) is 0 Å². The molecule has 4 atom stereocenters. The van der Waals surface area contributed by atoms with Crippen LogP contribution in [0.25, 0.3) is 0 Å². The average molecular weight is 463 g/mol. The van der Waals surface area contributed by atoms with Gasteiger partial charge in [0.1, 0.15) is 11.9 Å². The van der Waals surface area contributed by atoms with Crippen LogP contribution in [0.5, 0.6) is 5.75 Å². The third kappa shape index (κ3) is 6.55. The molecule has 1 heterocycles. The van der Waals surface area contributed by atoms with E-state index in [9.17, 15) is 4.79 Å². The van der Waals surface area contributed by atoms with E-state index in [1.807, 2.05) is 57.1 Å². The van der Waals surface area contributed by atoms with Gasteiger partial charge >= 0.3 is 0 Å². The Kier molecular flexibility index (Phi) is 8.53. The highest BCUT2D eigenvalue weighted by Crippen LogP contribution is 2.44. The number of carbonyl (C=O) groups excluding carboxylic acids is 1. The fraction of sp³-hybridized carbons (Fsp3) is 0.640. The summed E-state index contributed by atoms with van der Waals surface area (Å²) in [5.41, 5.74) is -0.198. The van der Waals surface area contributed by atoms with Crippen molar-refractivity contribution < 1.29 is 28.5 Å². The van der Waals surface area contributed by atoms with Gasteiger partial charge in [-0.1, -0.05) is 18.2 Å². The molecule has 8 heteroatoms. The molecule has 1 aliphatic heterocycles. The lowest BCUT2D eigenvalue weighted by molar-refractivity contribution is -0.180. The molecule has 8 nitrogen and oxygen atoms in total. The molecule has 0 bridgehead atoms. The first-order valence-electron chi connectivity index (χ1n) is 11.5. The highest BCUT2D eigenvalue weighted by Gasteiger charge is 2.57. The zero-order valence-electron chi connectivity index (χ0n) is 20.5. The van der Waals surface area contributed by atoms with E-state index in [1.165, 1.54) is 0 Å². The summed E-state index contributed by atoms with van der Waals surface area (Å²) in [5.74, 6) is -0.174. The van der Waals surface area contributed by atoms with E-state index in [4.69, 9.17) is 23.7 Å². The highest BCUT2D eigenvalue weighted by molar-refractivity contribution is 5.85. The molecule has 1 amide bonds. The Morgan fingerprint density at radius 1 is 1.30 bits per heavy atom.